The van der Waals surface area contributed by atoms with Crippen LogP contribution in [0, 0.1) is 0 Å². The molecule has 0 fully saturated rings. The molecule has 2 aliphatic rings. The highest BCUT2D eigenvalue weighted by molar-refractivity contribution is 5.95. The van der Waals surface area contributed by atoms with Crippen molar-refractivity contribution in [3.8, 4) is 5.75 Å². The molecule has 2 heterocycles. The molecule has 0 saturated carbocycles. The van der Waals surface area contributed by atoms with Gasteiger partial charge in [-0.15, -0.1) is 11.1 Å². The summed E-state index contributed by atoms with van der Waals surface area (Å²) in [6, 6.07) is 16.4. The Kier molecular flexibility index (Phi) is 3.09. The Labute approximate surface area is 129 Å². The number of hydrogen-bond acceptors (Lipinski definition) is 2. The van der Waals surface area contributed by atoms with Crippen LogP contribution in [0.5, 0.6) is 5.75 Å². The summed E-state index contributed by atoms with van der Waals surface area (Å²) in [5.41, 5.74) is 5.68. The third-order valence-electron chi connectivity index (χ3n) is 4.26. The van der Waals surface area contributed by atoms with Crippen molar-refractivity contribution in [3.05, 3.63) is 70.8 Å². The second-order valence-electron chi connectivity index (χ2n) is 5.39. The van der Waals surface area contributed by atoms with Crippen LogP contribution in [0.2, 0.25) is 0 Å². The van der Waals surface area contributed by atoms with Gasteiger partial charge in [-0.3, -0.25) is 0 Å². The van der Waals surface area contributed by atoms with E-state index in [1.165, 1.54) is 11.1 Å². The van der Waals surface area contributed by atoms with Crippen molar-refractivity contribution >= 4 is 11.9 Å². The molecule has 3 heteroatoms. The van der Waals surface area contributed by atoms with Crippen LogP contribution >= 0.6 is 0 Å². The summed E-state index contributed by atoms with van der Waals surface area (Å²) >= 11 is 0. The van der Waals surface area contributed by atoms with Gasteiger partial charge in [0.15, 0.2) is 0 Å². The van der Waals surface area contributed by atoms with Crippen LogP contribution in [0.3, 0.4) is 0 Å². The first-order chi connectivity index (χ1) is 10.8. The lowest BCUT2D eigenvalue weighted by Gasteiger charge is -2.23. The van der Waals surface area contributed by atoms with E-state index in [9.17, 15) is 0 Å². The van der Waals surface area contributed by atoms with Gasteiger partial charge in [0.2, 0.25) is 13.4 Å². The molecule has 2 aromatic carbocycles. The van der Waals surface area contributed by atoms with E-state index in [0.29, 0.717) is 0 Å². The van der Waals surface area contributed by atoms with Crippen LogP contribution in [0.1, 0.15) is 28.9 Å². The molecule has 0 aromatic heterocycles. The molecular formula is C19H16O3. The molecule has 0 aliphatic carbocycles. The smallest absolute Gasteiger partial charge is 0.229 e. The van der Waals surface area contributed by atoms with Crippen molar-refractivity contribution in [1.29, 1.82) is 0 Å². The molecule has 2 unspecified atom stereocenters. The normalized spacial score (nSPS) is 22.5. The molecule has 110 valence electrons. The molecule has 4 rings (SSSR count). The van der Waals surface area contributed by atoms with Crippen molar-refractivity contribution in [2.75, 3.05) is 14.2 Å². The van der Waals surface area contributed by atoms with Crippen molar-refractivity contribution in [1.82, 2.24) is 0 Å². The molecule has 2 aromatic rings. The lowest BCUT2D eigenvalue weighted by molar-refractivity contribution is 0.0873. The molecule has 2 bridgehead atoms. The number of fused-ring (bicyclic) bond motifs is 5. The Balaban J connectivity index is 1.85. The molecule has 22 heavy (non-hydrogen) atoms. The van der Waals surface area contributed by atoms with E-state index in [0.717, 1.165) is 22.5 Å². The molecular weight excluding hydrogens is 276 g/mol. The second-order valence-corrected chi connectivity index (χ2v) is 5.39. The first kappa shape index (κ1) is 13.3. The predicted octanol–water partition coefficient (Wildman–Crippen LogP) is 3.55. The van der Waals surface area contributed by atoms with Crippen LogP contribution in [0.4, 0.5) is 0 Å². The molecule has 0 radical (unpaired) electrons. The Morgan fingerprint density at radius 2 is 1.68 bits per heavy atom. The Morgan fingerprint density at radius 1 is 1.00 bits per heavy atom. The highest BCUT2D eigenvalue weighted by atomic mass is 16.5. The van der Waals surface area contributed by atoms with Gasteiger partial charge >= 0.3 is 0 Å². The van der Waals surface area contributed by atoms with Crippen LogP contribution in [0.25, 0.3) is 5.57 Å². The van der Waals surface area contributed by atoms with E-state index < -0.39 is 0 Å². The number of carbonyl (C=O) groups excluding carboxylic acids is 1. The summed E-state index contributed by atoms with van der Waals surface area (Å²) in [5.74, 6) is 0.843. The highest BCUT2D eigenvalue weighted by Crippen LogP contribution is 2.56. The topological polar surface area (TPSA) is 29.8 Å². The van der Waals surface area contributed by atoms with Crippen LogP contribution in [-0.4, -0.2) is 20.5 Å². The van der Waals surface area contributed by atoms with Crippen molar-refractivity contribution in [3.63, 3.8) is 0 Å². The van der Waals surface area contributed by atoms with Gasteiger partial charge in [-0.1, -0.05) is 42.0 Å². The minimum absolute atomic E-state index is 0.0488. The molecule has 0 saturated heterocycles. The summed E-state index contributed by atoms with van der Waals surface area (Å²) < 4.78 is 16.6. The summed E-state index contributed by atoms with van der Waals surface area (Å²) in [4.78, 5) is 0. The fourth-order valence-electron chi connectivity index (χ4n) is 3.30. The number of ether oxygens (including phenoxy) is 2. The van der Waals surface area contributed by atoms with Gasteiger partial charge in [-0.2, -0.15) is 0 Å². The van der Waals surface area contributed by atoms with E-state index in [-0.39, 0.29) is 12.2 Å². The summed E-state index contributed by atoms with van der Waals surface area (Å²) in [7, 11) is 3.29. The maximum Gasteiger partial charge on any atom is 0.229 e. The van der Waals surface area contributed by atoms with Crippen molar-refractivity contribution in [2.24, 2.45) is 0 Å². The summed E-state index contributed by atoms with van der Waals surface area (Å²) in [6.07, 6.45) is 2.88. The van der Waals surface area contributed by atoms with Crippen LogP contribution in [-0.2, 0) is 9.16 Å². The van der Waals surface area contributed by atoms with Crippen LogP contribution < -0.4 is 4.74 Å². The van der Waals surface area contributed by atoms with E-state index in [2.05, 4.69) is 36.6 Å². The van der Waals surface area contributed by atoms with E-state index in [4.69, 9.17) is 13.9 Å². The first-order valence-corrected chi connectivity index (χ1v) is 7.25. The standard InChI is InChI=1S/C19H16O3/c1-20-11-16-17(12-7-9-13(21-2)10-8-12)19-15-6-4-3-5-14(15)18(16)22-19/h3-10,18-19H,1-2H3. The number of benzene rings is 2. The van der Waals surface area contributed by atoms with Gasteiger partial charge < -0.3 is 13.9 Å². The highest BCUT2D eigenvalue weighted by Gasteiger charge is 2.39. The minimum Gasteiger partial charge on any atom is -0.497 e. The fourth-order valence-corrected chi connectivity index (χ4v) is 3.30. The third kappa shape index (κ3) is 1.82. The molecule has 3 nitrogen and oxygen atoms in total. The van der Waals surface area contributed by atoms with Crippen LogP contribution in [0.15, 0.2) is 54.1 Å². The van der Waals surface area contributed by atoms with Gasteiger partial charge in [0.05, 0.1) is 13.2 Å². The van der Waals surface area contributed by atoms with Gasteiger partial charge in [0.1, 0.15) is 5.75 Å². The van der Waals surface area contributed by atoms with Gasteiger partial charge in [-0.05, 0) is 23.3 Å². The number of hydrogen-bond donors (Lipinski definition) is 0. The molecule has 0 amide bonds. The zero-order valence-electron chi connectivity index (χ0n) is 12.5. The molecule has 2 atom stereocenters. The lowest BCUT2D eigenvalue weighted by atomic mass is 9.83. The van der Waals surface area contributed by atoms with Gasteiger partial charge in [0, 0.05) is 6.10 Å². The van der Waals surface area contributed by atoms with Gasteiger partial charge in [-0.25, -0.2) is 0 Å². The average Bonchev–Trinajstić information content (AvgIpc) is 3.12. The zero-order valence-corrected chi connectivity index (χ0v) is 12.5. The van der Waals surface area contributed by atoms with E-state index in [1.54, 1.807) is 14.2 Å². The molecule has 2 aliphatic heterocycles. The first-order valence-electron chi connectivity index (χ1n) is 7.25. The average molecular weight is 292 g/mol. The maximum absolute atomic E-state index is 6.18. The number of rotatable bonds is 3. The quantitative estimate of drug-likeness (QED) is 0.639. The van der Waals surface area contributed by atoms with Gasteiger partial charge in [0.25, 0.3) is 0 Å². The van der Waals surface area contributed by atoms with Crippen molar-refractivity contribution in [2.45, 2.75) is 12.2 Å². The largest absolute Gasteiger partial charge is 0.497 e. The van der Waals surface area contributed by atoms with Crippen molar-refractivity contribution < 1.29 is 13.9 Å². The zero-order chi connectivity index (χ0) is 15.1. The molecule has 0 N–H and O–H groups in total. The minimum atomic E-state index is -0.0850. The summed E-state index contributed by atoms with van der Waals surface area (Å²) in [6.45, 7) is 0. The third-order valence-corrected chi connectivity index (χ3v) is 4.26. The number of methoxy groups -OCH3 is 1. The Morgan fingerprint density at radius 3 is 2.32 bits per heavy atom. The Bertz CT molecular complexity index is 772. The van der Waals surface area contributed by atoms with E-state index >= 15 is 0 Å². The predicted molar refractivity (Wildman–Crippen MR) is 84.5 cm³/mol. The molecule has 0 spiro atoms. The van der Waals surface area contributed by atoms with E-state index in [1.807, 2.05) is 18.2 Å². The fraction of sp³-hybridized carbons (Fsp3) is 0.211. The lowest BCUT2D eigenvalue weighted by Crippen LogP contribution is -2.06. The summed E-state index contributed by atoms with van der Waals surface area (Å²) in [5, 5.41) is 0. The maximum atomic E-state index is 6.18. The monoisotopic (exact) mass is 292 g/mol. The Hall–Kier alpha value is -2.39. The SMILES string of the molecule is COc1ccc(C2=C([C-]=[O+]C)C3OC2c2ccccc23)cc1. The second kappa shape index (κ2) is 5.11.